The predicted octanol–water partition coefficient (Wildman–Crippen LogP) is 5.80. The molecule has 0 aromatic carbocycles. The van der Waals surface area contributed by atoms with E-state index in [0.29, 0.717) is 19.6 Å². The quantitative estimate of drug-likeness (QED) is 0.519. The normalized spacial score (nSPS) is 26.8. The number of Topliss-reactive ketones (excluding diaryl/α,β-unsaturated/α-hetero) is 1. The van der Waals surface area contributed by atoms with Crippen molar-refractivity contribution in [2.75, 3.05) is 13.2 Å². The highest BCUT2D eigenvalue weighted by Crippen LogP contribution is 2.35. The molecule has 0 aromatic heterocycles. The standard InChI is InChI=1S/C30H32O3/c1-21-14-27(18-25-6-2-3-7-28(21)25)29(31)11-9-22-15-24-10-8-23(17-26(24)16-22)19-33-20-30(32)12-4-5-13-30/h2-3,6-8,10,14-18,26,28,32H,1,4-5,9,11-13,19-20H2. The van der Waals surface area contributed by atoms with Crippen molar-refractivity contribution < 1.29 is 14.6 Å². The average Bonchev–Trinajstić information content (AvgIpc) is 3.43. The average molecular weight is 441 g/mol. The first-order valence-electron chi connectivity index (χ1n) is 12.1. The molecule has 1 fully saturated rings. The molecule has 0 bridgehead atoms. The first-order valence-corrected chi connectivity index (χ1v) is 12.1. The molecule has 0 aromatic rings. The van der Waals surface area contributed by atoms with E-state index in [4.69, 9.17) is 4.74 Å². The summed E-state index contributed by atoms with van der Waals surface area (Å²) in [7, 11) is 0. The second-order valence-corrected chi connectivity index (χ2v) is 9.87. The van der Waals surface area contributed by atoms with E-state index in [1.807, 2.05) is 24.3 Å². The Labute approximate surface area is 196 Å². The lowest BCUT2D eigenvalue weighted by Gasteiger charge is -2.22. The van der Waals surface area contributed by atoms with Crippen molar-refractivity contribution in [3.63, 3.8) is 0 Å². The maximum atomic E-state index is 12.9. The van der Waals surface area contributed by atoms with Crippen molar-refractivity contribution in [1.29, 1.82) is 0 Å². The Bertz CT molecular complexity index is 1090. The molecule has 0 aliphatic heterocycles. The Balaban J connectivity index is 1.15. The van der Waals surface area contributed by atoms with E-state index < -0.39 is 5.60 Å². The molecule has 0 radical (unpaired) electrons. The molecule has 5 aliphatic carbocycles. The van der Waals surface area contributed by atoms with Gasteiger partial charge in [0, 0.05) is 23.8 Å². The van der Waals surface area contributed by atoms with Crippen molar-refractivity contribution in [1.82, 2.24) is 0 Å². The molecule has 3 nitrogen and oxygen atoms in total. The van der Waals surface area contributed by atoms with Gasteiger partial charge in [-0.3, -0.25) is 4.79 Å². The fraction of sp³-hybridized carbons (Fsp3) is 0.367. The Kier molecular flexibility index (Phi) is 6.18. The van der Waals surface area contributed by atoms with E-state index in [1.54, 1.807) is 0 Å². The smallest absolute Gasteiger partial charge is 0.163 e. The lowest BCUT2D eigenvalue weighted by atomic mass is 9.81. The van der Waals surface area contributed by atoms with E-state index in [2.05, 4.69) is 49.1 Å². The summed E-state index contributed by atoms with van der Waals surface area (Å²) >= 11 is 0. The minimum absolute atomic E-state index is 0.171. The van der Waals surface area contributed by atoms with Gasteiger partial charge in [-0.25, -0.2) is 0 Å². The maximum Gasteiger partial charge on any atom is 0.163 e. The summed E-state index contributed by atoms with van der Waals surface area (Å²) in [6.45, 7) is 5.10. The van der Waals surface area contributed by atoms with Crippen molar-refractivity contribution in [3.8, 4) is 0 Å². The number of aliphatic hydroxyl groups is 1. The molecular weight excluding hydrogens is 408 g/mol. The number of hydrogen-bond acceptors (Lipinski definition) is 3. The van der Waals surface area contributed by atoms with Crippen LogP contribution >= 0.6 is 0 Å². The number of ether oxygens (including phenoxy) is 1. The Morgan fingerprint density at radius 2 is 1.85 bits per heavy atom. The number of allylic oxidation sites excluding steroid dienone is 15. The second-order valence-electron chi connectivity index (χ2n) is 9.87. The van der Waals surface area contributed by atoms with Gasteiger partial charge in [0.15, 0.2) is 5.78 Å². The summed E-state index contributed by atoms with van der Waals surface area (Å²) in [6.07, 6.45) is 28.3. The molecule has 3 heteroatoms. The van der Waals surface area contributed by atoms with Gasteiger partial charge in [-0.05, 0) is 53.7 Å². The van der Waals surface area contributed by atoms with Crippen LogP contribution in [-0.2, 0) is 9.53 Å². The molecule has 1 saturated carbocycles. The van der Waals surface area contributed by atoms with Crippen LogP contribution in [0.2, 0.25) is 0 Å². The third kappa shape index (κ3) is 4.95. The van der Waals surface area contributed by atoms with E-state index in [9.17, 15) is 9.90 Å². The van der Waals surface area contributed by atoms with Gasteiger partial charge in [0.2, 0.25) is 0 Å². The van der Waals surface area contributed by atoms with Gasteiger partial charge in [-0.2, -0.15) is 0 Å². The van der Waals surface area contributed by atoms with Gasteiger partial charge in [0.05, 0.1) is 18.8 Å². The topological polar surface area (TPSA) is 46.5 Å². The first-order chi connectivity index (χ1) is 16.0. The number of ketones is 1. The van der Waals surface area contributed by atoms with Crippen LogP contribution in [0.15, 0.2) is 107 Å². The van der Waals surface area contributed by atoms with Gasteiger partial charge in [0.1, 0.15) is 0 Å². The third-order valence-electron chi connectivity index (χ3n) is 7.28. The van der Waals surface area contributed by atoms with Gasteiger partial charge in [-0.1, -0.05) is 79.7 Å². The molecular formula is C30H32O3. The number of hydrogen-bond donors (Lipinski definition) is 1. The number of rotatable bonds is 8. The second kappa shape index (κ2) is 9.24. The minimum atomic E-state index is -0.627. The highest BCUT2D eigenvalue weighted by molar-refractivity contribution is 5.99. The zero-order valence-corrected chi connectivity index (χ0v) is 19.1. The van der Waals surface area contributed by atoms with Crippen LogP contribution < -0.4 is 0 Å². The van der Waals surface area contributed by atoms with Crippen molar-refractivity contribution >= 4 is 5.78 Å². The SMILES string of the molecule is C=C1C=C(C(=O)CCC2=CC3C=C(COCC4(O)CCCC4)C=CC3=C2)C=C2C=CC=CC12. The molecule has 0 amide bonds. The van der Waals surface area contributed by atoms with Crippen LogP contribution in [0.5, 0.6) is 0 Å². The maximum absolute atomic E-state index is 12.9. The van der Waals surface area contributed by atoms with E-state index in [0.717, 1.165) is 54.4 Å². The first kappa shape index (κ1) is 22.1. The summed E-state index contributed by atoms with van der Waals surface area (Å²) in [5.74, 6) is 0.628. The van der Waals surface area contributed by atoms with Gasteiger partial charge in [-0.15, -0.1) is 0 Å². The summed E-state index contributed by atoms with van der Waals surface area (Å²) in [6, 6.07) is 0. The molecule has 2 unspecified atom stereocenters. The van der Waals surface area contributed by atoms with E-state index >= 15 is 0 Å². The van der Waals surface area contributed by atoms with Gasteiger partial charge < -0.3 is 9.84 Å². The highest BCUT2D eigenvalue weighted by atomic mass is 16.5. The molecule has 0 spiro atoms. The number of carbonyl (C=O) groups excluding carboxylic acids is 1. The van der Waals surface area contributed by atoms with Crippen molar-refractivity contribution in [2.45, 2.75) is 44.1 Å². The molecule has 0 saturated heterocycles. The van der Waals surface area contributed by atoms with Gasteiger partial charge in [0.25, 0.3) is 0 Å². The Hall–Kier alpha value is -2.75. The Morgan fingerprint density at radius 3 is 2.70 bits per heavy atom. The summed E-state index contributed by atoms with van der Waals surface area (Å²) in [5.41, 5.74) is 5.89. The summed E-state index contributed by atoms with van der Waals surface area (Å²) < 4.78 is 5.85. The molecule has 5 aliphatic rings. The van der Waals surface area contributed by atoms with Gasteiger partial charge >= 0.3 is 0 Å². The zero-order chi connectivity index (χ0) is 22.8. The fourth-order valence-corrected chi connectivity index (χ4v) is 5.37. The number of fused-ring (bicyclic) bond motifs is 2. The minimum Gasteiger partial charge on any atom is -0.387 e. The number of carbonyl (C=O) groups is 1. The van der Waals surface area contributed by atoms with Crippen LogP contribution in [0.4, 0.5) is 0 Å². The monoisotopic (exact) mass is 440 g/mol. The largest absolute Gasteiger partial charge is 0.387 e. The summed E-state index contributed by atoms with van der Waals surface area (Å²) in [4.78, 5) is 12.9. The molecule has 0 heterocycles. The van der Waals surface area contributed by atoms with Crippen LogP contribution in [0.1, 0.15) is 38.5 Å². The van der Waals surface area contributed by atoms with E-state index in [-0.39, 0.29) is 17.6 Å². The van der Waals surface area contributed by atoms with E-state index in [1.165, 1.54) is 11.1 Å². The van der Waals surface area contributed by atoms with Crippen LogP contribution in [-0.4, -0.2) is 29.7 Å². The molecule has 170 valence electrons. The Morgan fingerprint density at radius 1 is 1.03 bits per heavy atom. The molecule has 33 heavy (non-hydrogen) atoms. The van der Waals surface area contributed by atoms with Crippen LogP contribution in [0.25, 0.3) is 0 Å². The molecule has 1 N–H and O–H groups in total. The lowest BCUT2D eigenvalue weighted by molar-refractivity contribution is -0.115. The fourth-order valence-electron chi connectivity index (χ4n) is 5.37. The zero-order valence-electron chi connectivity index (χ0n) is 19.1. The molecule has 2 atom stereocenters. The highest BCUT2D eigenvalue weighted by Gasteiger charge is 2.31. The van der Waals surface area contributed by atoms with Crippen LogP contribution in [0.3, 0.4) is 0 Å². The van der Waals surface area contributed by atoms with Crippen LogP contribution in [0, 0.1) is 11.8 Å². The van der Waals surface area contributed by atoms with Crippen molar-refractivity contribution in [2.24, 2.45) is 11.8 Å². The lowest BCUT2D eigenvalue weighted by Crippen LogP contribution is -2.31. The summed E-state index contributed by atoms with van der Waals surface area (Å²) in [5, 5.41) is 10.4. The van der Waals surface area contributed by atoms with Crippen molar-refractivity contribution in [3.05, 3.63) is 107 Å². The third-order valence-corrected chi connectivity index (χ3v) is 7.28. The predicted molar refractivity (Wildman–Crippen MR) is 132 cm³/mol. The molecule has 5 rings (SSSR count).